The topological polar surface area (TPSA) is 76.2 Å². The van der Waals surface area contributed by atoms with Gasteiger partial charge in [-0.15, -0.1) is 0 Å². The molecule has 0 aromatic heterocycles. The number of amides is 3. The number of nitrogens with zero attached hydrogens (tertiary/aromatic N) is 2. The summed E-state index contributed by atoms with van der Waals surface area (Å²) < 4.78 is 11.5. The Kier molecular flexibility index (Phi) is 7.51. The summed E-state index contributed by atoms with van der Waals surface area (Å²) in [6.07, 6.45) is 0.457. The molecule has 0 radical (unpaired) electrons. The maximum Gasteiger partial charge on any atom is 0.257 e. The van der Waals surface area contributed by atoms with Gasteiger partial charge in [0.1, 0.15) is 6.04 Å². The fraction of sp³-hybridized carbons (Fsp3) is 0.222. The summed E-state index contributed by atoms with van der Waals surface area (Å²) in [4.78, 5) is 42.7. The maximum absolute atomic E-state index is 13.7. The lowest BCUT2D eigenvalue weighted by molar-refractivity contribution is -0.122. The van der Waals surface area contributed by atoms with Crippen molar-refractivity contribution < 1.29 is 23.9 Å². The molecule has 1 unspecified atom stereocenters. The number of carbonyl (C=O) groups excluding carboxylic acids is 3. The molecule has 0 aliphatic carbocycles. The molecule has 1 atom stereocenters. The van der Waals surface area contributed by atoms with Crippen LogP contribution in [0.15, 0.2) is 77.3 Å². The number of hydrogen-bond acceptors (Lipinski definition) is 5. The summed E-state index contributed by atoms with van der Waals surface area (Å²) in [5.74, 6) is -0.211. The first-order valence-electron chi connectivity index (χ1n) is 11.1. The van der Waals surface area contributed by atoms with E-state index in [2.05, 4.69) is 15.9 Å². The van der Waals surface area contributed by atoms with Gasteiger partial charge in [0.2, 0.25) is 5.91 Å². The number of anilines is 1. The van der Waals surface area contributed by atoms with E-state index in [1.54, 1.807) is 42.5 Å². The molecule has 8 heteroatoms. The van der Waals surface area contributed by atoms with E-state index in [9.17, 15) is 14.4 Å². The van der Waals surface area contributed by atoms with Gasteiger partial charge < -0.3 is 14.4 Å². The van der Waals surface area contributed by atoms with Crippen molar-refractivity contribution in [3.8, 4) is 11.5 Å². The monoisotopic (exact) mass is 536 g/mol. The molecule has 3 aromatic rings. The average molecular weight is 537 g/mol. The summed E-state index contributed by atoms with van der Waals surface area (Å²) in [6.45, 7) is 0.273. The SMILES string of the molecule is COc1ccc(C(=O)N(CCc2ccccc2)C2CC(=O)N(c3ccc(Br)cc3)C2=O)cc1OC. The van der Waals surface area contributed by atoms with E-state index in [0.717, 1.165) is 14.9 Å². The van der Waals surface area contributed by atoms with Crippen molar-refractivity contribution in [2.24, 2.45) is 0 Å². The number of ether oxygens (including phenoxy) is 2. The highest BCUT2D eigenvalue weighted by molar-refractivity contribution is 9.10. The van der Waals surface area contributed by atoms with Crippen molar-refractivity contribution in [3.63, 3.8) is 0 Å². The lowest BCUT2D eigenvalue weighted by Crippen LogP contribution is -2.46. The Morgan fingerprint density at radius 1 is 0.971 bits per heavy atom. The minimum atomic E-state index is -0.907. The second kappa shape index (κ2) is 10.7. The zero-order valence-electron chi connectivity index (χ0n) is 19.4. The second-order valence-electron chi connectivity index (χ2n) is 8.07. The molecule has 3 amide bonds. The van der Waals surface area contributed by atoms with E-state index in [1.165, 1.54) is 19.1 Å². The summed E-state index contributed by atoms with van der Waals surface area (Å²) in [7, 11) is 3.01. The Bertz CT molecular complexity index is 1230. The smallest absolute Gasteiger partial charge is 0.257 e. The molecular formula is C27H25BrN2O5. The van der Waals surface area contributed by atoms with Gasteiger partial charge >= 0.3 is 0 Å². The molecule has 35 heavy (non-hydrogen) atoms. The molecule has 1 heterocycles. The Labute approximate surface area is 212 Å². The number of hydrogen-bond donors (Lipinski definition) is 0. The van der Waals surface area contributed by atoms with E-state index in [4.69, 9.17) is 9.47 Å². The third-order valence-electron chi connectivity index (χ3n) is 5.96. The van der Waals surface area contributed by atoms with Gasteiger partial charge in [0.25, 0.3) is 11.8 Å². The van der Waals surface area contributed by atoms with Gasteiger partial charge in [-0.2, -0.15) is 0 Å². The fourth-order valence-electron chi connectivity index (χ4n) is 4.15. The van der Waals surface area contributed by atoms with E-state index in [-0.39, 0.29) is 24.8 Å². The lowest BCUT2D eigenvalue weighted by atomic mass is 10.1. The molecule has 0 saturated carbocycles. The molecule has 1 saturated heterocycles. The summed E-state index contributed by atoms with van der Waals surface area (Å²) in [5.41, 5.74) is 1.85. The Balaban J connectivity index is 1.66. The number of benzene rings is 3. The van der Waals surface area contributed by atoms with Crippen molar-refractivity contribution in [1.29, 1.82) is 0 Å². The van der Waals surface area contributed by atoms with Crippen LogP contribution in [0.3, 0.4) is 0 Å². The van der Waals surface area contributed by atoms with Crippen LogP contribution in [0.5, 0.6) is 11.5 Å². The number of carbonyl (C=O) groups is 3. The predicted molar refractivity (Wildman–Crippen MR) is 136 cm³/mol. The van der Waals surface area contributed by atoms with Gasteiger partial charge in [-0.3, -0.25) is 14.4 Å². The fourth-order valence-corrected chi connectivity index (χ4v) is 4.41. The van der Waals surface area contributed by atoms with Crippen LogP contribution in [0.25, 0.3) is 0 Å². The molecule has 1 aliphatic rings. The van der Waals surface area contributed by atoms with Gasteiger partial charge in [0, 0.05) is 16.6 Å². The van der Waals surface area contributed by atoms with Crippen molar-refractivity contribution in [1.82, 2.24) is 4.90 Å². The largest absolute Gasteiger partial charge is 0.493 e. The van der Waals surface area contributed by atoms with Crippen LogP contribution in [0.1, 0.15) is 22.3 Å². The minimum Gasteiger partial charge on any atom is -0.493 e. The van der Waals surface area contributed by atoms with Gasteiger partial charge in [-0.05, 0) is 54.4 Å². The summed E-state index contributed by atoms with van der Waals surface area (Å²) >= 11 is 3.37. The van der Waals surface area contributed by atoms with Crippen LogP contribution >= 0.6 is 15.9 Å². The highest BCUT2D eigenvalue weighted by Gasteiger charge is 2.44. The van der Waals surface area contributed by atoms with E-state index in [1.807, 2.05) is 30.3 Å². The number of halogens is 1. The molecule has 0 N–H and O–H groups in total. The molecule has 180 valence electrons. The first-order valence-corrected chi connectivity index (χ1v) is 11.9. The van der Waals surface area contributed by atoms with Crippen LogP contribution < -0.4 is 14.4 Å². The molecule has 0 spiro atoms. The molecule has 4 rings (SSSR count). The quantitative estimate of drug-likeness (QED) is 0.396. The maximum atomic E-state index is 13.7. The first kappa shape index (κ1) is 24.5. The predicted octanol–water partition coefficient (Wildman–Crippen LogP) is 4.48. The Hall–Kier alpha value is -3.65. The minimum absolute atomic E-state index is 0.0806. The van der Waals surface area contributed by atoms with Crippen molar-refractivity contribution in [2.45, 2.75) is 18.9 Å². The van der Waals surface area contributed by atoms with E-state index < -0.39 is 11.9 Å². The normalized spacial score (nSPS) is 15.3. The van der Waals surface area contributed by atoms with Gasteiger partial charge in [0.15, 0.2) is 11.5 Å². The van der Waals surface area contributed by atoms with Crippen molar-refractivity contribution in [3.05, 3.63) is 88.4 Å². The number of imide groups is 1. The summed E-state index contributed by atoms with van der Waals surface area (Å²) in [5, 5.41) is 0. The zero-order valence-corrected chi connectivity index (χ0v) is 21.0. The zero-order chi connectivity index (χ0) is 24.9. The molecule has 1 aliphatic heterocycles. The molecule has 0 bridgehead atoms. The average Bonchev–Trinajstić information content (AvgIpc) is 3.18. The molecular weight excluding hydrogens is 512 g/mol. The highest BCUT2D eigenvalue weighted by Crippen LogP contribution is 2.31. The van der Waals surface area contributed by atoms with E-state index in [0.29, 0.717) is 29.2 Å². The van der Waals surface area contributed by atoms with Crippen LogP contribution in [0.4, 0.5) is 5.69 Å². The molecule has 7 nitrogen and oxygen atoms in total. The first-order chi connectivity index (χ1) is 16.9. The van der Waals surface area contributed by atoms with Crippen LogP contribution in [0.2, 0.25) is 0 Å². The lowest BCUT2D eigenvalue weighted by Gasteiger charge is -2.28. The van der Waals surface area contributed by atoms with Crippen LogP contribution in [-0.4, -0.2) is 49.4 Å². The Morgan fingerprint density at radius 3 is 2.31 bits per heavy atom. The summed E-state index contributed by atoms with van der Waals surface area (Å²) in [6, 6.07) is 20.6. The van der Waals surface area contributed by atoms with Crippen molar-refractivity contribution >= 4 is 39.3 Å². The second-order valence-corrected chi connectivity index (χ2v) is 8.98. The number of rotatable bonds is 8. The van der Waals surface area contributed by atoms with Gasteiger partial charge in [-0.25, -0.2) is 4.90 Å². The Morgan fingerprint density at radius 2 is 1.66 bits per heavy atom. The standard InChI is InChI=1S/C27H25BrN2O5/c1-34-23-13-8-19(16-24(23)35-2)26(32)29(15-14-18-6-4-3-5-7-18)22-17-25(31)30(27(22)33)21-11-9-20(28)10-12-21/h3-13,16,22H,14-15,17H2,1-2H3. The van der Waals surface area contributed by atoms with E-state index >= 15 is 0 Å². The number of methoxy groups -OCH3 is 2. The van der Waals surface area contributed by atoms with Crippen LogP contribution in [0, 0.1) is 0 Å². The molecule has 1 fully saturated rings. The third kappa shape index (κ3) is 5.22. The van der Waals surface area contributed by atoms with Crippen molar-refractivity contribution in [2.75, 3.05) is 25.7 Å². The third-order valence-corrected chi connectivity index (χ3v) is 6.49. The molecule has 3 aromatic carbocycles. The highest BCUT2D eigenvalue weighted by atomic mass is 79.9. The van der Waals surface area contributed by atoms with Crippen LogP contribution in [-0.2, 0) is 16.0 Å². The van der Waals surface area contributed by atoms with Gasteiger partial charge in [-0.1, -0.05) is 46.3 Å². The van der Waals surface area contributed by atoms with Gasteiger partial charge in [0.05, 0.1) is 26.3 Å².